The fraction of sp³-hybridized carbons (Fsp3) is 0.214. The van der Waals surface area contributed by atoms with Crippen molar-refractivity contribution in [1.29, 1.82) is 0 Å². The topological polar surface area (TPSA) is 71.8 Å². The van der Waals surface area contributed by atoms with Crippen LogP contribution in [0.1, 0.15) is 12.0 Å². The third-order valence-corrected chi connectivity index (χ3v) is 9.69. The molecule has 0 saturated carbocycles. The van der Waals surface area contributed by atoms with E-state index in [9.17, 15) is 21.6 Å². The molecule has 1 aliphatic rings. The van der Waals surface area contributed by atoms with Gasteiger partial charge in [0.1, 0.15) is 27.2 Å². The molecule has 0 aliphatic carbocycles. The normalized spacial score (nSPS) is 16.8. The van der Waals surface area contributed by atoms with E-state index in [1.807, 2.05) is 54.4 Å². The van der Waals surface area contributed by atoms with Crippen molar-refractivity contribution in [2.24, 2.45) is 0 Å². The lowest BCUT2D eigenvalue weighted by Gasteiger charge is -2.19. The van der Waals surface area contributed by atoms with E-state index in [0.29, 0.717) is 30.0 Å². The molecule has 1 saturated heterocycles. The summed E-state index contributed by atoms with van der Waals surface area (Å²) < 4.78 is 81.6. The quantitative estimate of drug-likeness (QED) is 0.233. The molecular formula is C28H23F3N2O4S2. The van der Waals surface area contributed by atoms with Gasteiger partial charge in [0.25, 0.3) is 10.0 Å². The number of halogens is 3. The molecule has 6 nitrogen and oxygen atoms in total. The highest BCUT2D eigenvalue weighted by Gasteiger charge is 2.36. The second kappa shape index (κ2) is 9.58. The number of thiophene rings is 1. The number of fused-ring (bicyclic) bond motifs is 3. The molecule has 3 aromatic carbocycles. The Morgan fingerprint density at radius 3 is 2.59 bits per heavy atom. The van der Waals surface area contributed by atoms with Gasteiger partial charge in [0.05, 0.1) is 11.3 Å². The average molecular weight is 573 g/mol. The maximum atomic E-state index is 13.6. The Hall–Kier alpha value is -3.54. The smallest absolute Gasteiger partial charge is 0.419 e. The zero-order chi connectivity index (χ0) is 27.4. The molecule has 1 fully saturated rings. The van der Waals surface area contributed by atoms with Crippen LogP contribution in [-0.2, 0) is 16.2 Å². The number of nitrogens with zero attached hydrogens (tertiary/aromatic N) is 1. The Morgan fingerprint density at radius 2 is 1.82 bits per heavy atom. The van der Waals surface area contributed by atoms with Crippen molar-refractivity contribution in [3.8, 4) is 16.2 Å². The van der Waals surface area contributed by atoms with Crippen molar-refractivity contribution in [3.63, 3.8) is 0 Å². The van der Waals surface area contributed by atoms with Gasteiger partial charge in [0, 0.05) is 40.4 Å². The van der Waals surface area contributed by atoms with E-state index in [0.717, 1.165) is 51.5 Å². The van der Waals surface area contributed by atoms with Crippen molar-refractivity contribution in [2.45, 2.75) is 22.9 Å². The number of hydrogen-bond acceptors (Lipinski definition) is 6. The van der Waals surface area contributed by atoms with E-state index in [-0.39, 0.29) is 9.90 Å². The number of ether oxygens (including phenoxy) is 1. The van der Waals surface area contributed by atoms with E-state index in [4.69, 9.17) is 9.15 Å². The monoisotopic (exact) mass is 572 g/mol. The SMILES string of the molecule is CN1CC[C@@H](Oc2cc(NS(=O)(=O)c3ccc(-c4cccc5c4oc4ccccc45)s3)ccc2C(F)(F)F)C1. The molecule has 1 N–H and O–H groups in total. The first-order valence-electron chi connectivity index (χ1n) is 12.2. The standard InChI is InChI=1S/C28H23F3N2O4S2/c1-33-14-13-18(16-33)36-24-15-17(9-10-22(24)28(29,30)31)32-39(34,35)26-12-11-25(38-26)21-7-4-6-20-19-5-2-3-8-23(19)37-27(20)21/h2-12,15,18,32H,13-14,16H2,1H3/t18-/m1/s1. The molecule has 0 unspecified atom stereocenters. The van der Waals surface area contributed by atoms with Crippen LogP contribution in [0.25, 0.3) is 32.4 Å². The van der Waals surface area contributed by atoms with Crippen molar-refractivity contribution < 1.29 is 30.7 Å². The molecule has 5 aromatic rings. The fourth-order valence-electron chi connectivity index (χ4n) is 4.84. The summed E-state index contributed by atoms with van der Waals surface area (Å²) in [6, 6.07) is 19.5. The Kier molecular flexibility index (Phi) is 6.32. The summed E-state index contributed by atoms with van der Waals surface area (Å²) in [6.45, 7) is 1.20. The lowest BCUT2D eigenvalue weighted by atomic mass is 10.1. The van der Waals surface area contributed by atoms with E-state index in [1.54, 1.807) is 6.07 Å². The van der Waals surface area contributed by atoms with Crippen LogP contribution in [0.5, 0.6) is 5.75 Å². The first-order chi connectivity index (χ1) is 18.6. The number of rotatable bonds is 6. The minimum Gasteiger partial charge on any atom is -0.488 e. The maximum Gasteiger partial charge on any atom is 0.419 e. The molecule has 11 heteroatoms. The van der Waals surface area contributed by atoms with Crippen LogP contribution >= 0.6 is 11.3 Å². The van der Waals surface area contributed by atoms with E-state index < -0.39 is 33.6 Å². The number of para-hydroxylation sites is 2. The van der Waals surface area contributed by atoms with Gasteiger partial charge in [-0.25, -0.2) is 8.42 Å². The minimum atomic E-state index is -4.64. The zero-order valence-corrected chi connectivity index (χ0v) is 22.3. The van der Waals surface area contributed by atoms with Crippen molar-refractivity contribution in [2.75, 3.05) is 24.9 Å². The molecule has 39 heavy (non-hydrogen) atoms. The van der Waals surface area contributed by atoms with Crippen molar-refractivity contribution >= 4 is 49.0 Å². The predicted molar refractivity (Wildman–Crippen MR) is 146 cm³/mol. The summed E-state index contributed by atoms with van der Waals surface area (Å²) in [6.07, 6.45) is -4.47. The van der Waals surface area contributed by atoms with Gasteiger partial charge in [-0.05, 0) is 49.9 Å². The highest BCUT2D eigenvalue weighted by Crippen LogP contribution is 2.41. The number of likely N-dealkylation sites (N-methyl/N-ethyl adjacent to an activating group) is 1. The van der Waals surface area contributed by atoms with Crippen LogP contribution < -0.4 is 9.46 Å². The average Bonchev–Trinajstić information content (AvgIpc) is 3.62. The van der Waals surface area contributed by atoms with Crippen LogP contribution in [-0.4, -0.2) is 39.6 Å². The van der Waals surface area contributed by atoms with E-state index in [1.165, 1.54) is 6.07 Å². The summed E-state index contributed by atoms with van der Waals surface area (Å²) in [5, 5.41) is 1.88. The number of furan rings is 1. The first kappa shape index (κ1) is 25.7. The van der Waals surface area contributed by atoms with Gasteiger partial charge in [0.2, 0.25) is 0 Å². The molecular weight excluding hydrogens is 549 g/mol. The number of anilines is 1. The Balaban J connectivity index is 1.30. The molecule has 0 spiro atoms. The number of benzene rings is 3. The molecule has 6 rings (SSSR count). The van der Waals surface area contributed by atoms with Gasteiger partial charge in [-0.1, -0.05) is 30.3 Å². The molecule has 0 amide bonds. The number of likely N-dealkylation sites (tertiary alicyclic amines) is 1. The highest BCUT2D eigenvalue weighted by molar-refractivity contribution is 7.94. The molecule has 0 radical (unpaired) electrons. The van der Waals surface area contributed by atoms with Crippen LogP contribution in [0.15, 0.2) is 81.4 Å². The van der Waals surface area contributed by atoms with Crippen LogP contribution in [0.2, 0.25) is 0 Å². The van der Waals surface area contributed by atoms with E-state index >= 15 is 0 Å². The van der Waals surface area contributed by atoms with Gasteiger partial charge in [-0.15, -0.1) is 11.3 Å². The fourth-order valence-corrected chi connectivity index (χ4v) is 7.22. The second-order valence-corrected chi connectivity index (χ2v) is 12.5. The van der Waals surface area contributed by atoms with Crippen LogP contribution in [0, 0.1) is 0 Å². The van der Waals surface area contributed by atoms with Crippen molar-refractivity contribution in [3.05, 3.63) is 78.4 Å². The molecule has 3 heterocycles. The number of hydrogen-bond donors (Lipinski definition) is 1. The lowest BCUT2D eigenvalue weighted by Crippen LogP contribution is -2.23. The number of nitrogens with one attached hydrogen (secondary N) is 1. The van der Waals surface area contributed by atoms with Gasteiger partial charge in [-0.3, -0.25) is 4.72 Å². The third-order valence-electron chi connectivity index (χ3n) is 6.70. The Bertz CT molecular complexity index is 1790. The second-order valence-electron chi connectivity index (χ2n) is 9.50. The summed E-state index contributed by atoms with van der Waals surface area (Å²) in [4.78, 5) is 2.65. The molecule has 2 aromatic heterocycles. The molecule has 1 aliphatic heterocycles. The minimum absolute atomic E-state index is 0.0151. The Morgan fingerprint density at radius 1 is 1.03 bits per heavy atom. The summed E-state index contributed by atoms with van der Waals surface area (Å²) >= 11 is 1.05. The summed E-state index contributed by atoms with van der Waals surface area (Å²) in [5.41, 5.74) is 1.17. The lowest BCUT2D eigenvalue weighted by molar-refractivity contribution is -0.139. The number of sulfonamides is 1. The Labute approximate surface area is 226 Å². The van der Waals surface area contributed by atoms with Gasteiger partial charge >= 0.3 is 6.18 Å². The maximum absolute atomic E-state index is 13.6. The summed E-state index contributed by atoms with van der Waals surface area (Å²) in [5.74, 6) is -0.397. The van der Waals surface area contributed by atoms with Crippen LogP contribution in [0.4, 0.5) is 18.9 Å². The van der Waals surface area contributed by atoms with E-state index in [2.05, 4.69) is 4.72 Å². The van der Waals surface area contributed by atoms with Crippen molar-refractivity contribution in [1.82, 2.24) is 4.90 Å². The summed E-state index contributed by atoms with van der Waals surface area (Å²) in [7, 11) is -2.22. The molecule has 1 atom stereocenters. The van der Waals surface area contributed by atoms with Gasteiger partial charge in [-0.2, -0.15) is 13.2 Å². The number of alkyl halides is 3. The first-order valence-corrected chi connectivity index (χ1v) is 14.5. The third kappa shape index (κ3) is 4.97. The predicted octanol–water partition coefficient (Wildman–Crippen LogP) is 7.22. The van der Waals surface area contributed by atoms with Gasteiger partial charge < -0.3 is 14.1 Å². The van der Waals surface area contributed by atoms with Crippen LogP contribution in [0.3, 0.4) is 0 Å². The molecule has 202 valence electrons. The highest BCUT2D eigenvalue weighted by atomic mass is 32.2. The largest absolute Gasteiger partial charge is 0.488 e. The molecule has 0 bridgehead atoms. The zero-order valence-electron chi connectivity index (χ0n) is 20.7. The van der Waals surface area contributed by atoms with Gasteiger partial charge in [0.15, 0.2) is 0 Å².